The molecule has 2 N–H and O–H groups in total. The van der Waals surface area contributed by atoms with Gasteiger partial charge in [-0.3, -0.25) is 4.79 Å². The quantitative estimate of drug-likeness (QED) is 0.388. The molecule has 0 atom stereocenters. The number of rotatable bonds is 3. The van der Waals surface area contributed by atoms with E-state index in [1.165, 1.54) is 22.7 Å². The second-order valence-corrected chi connectivity index (χ2v) is 8.12. The van der Waals surface area contributed by atoms with Crippen LogP contribution in [0.3, 0.4) is 0 Å². The van der Waals surface area contributed by atoms with Gasteiger partial charge in [-0.05, 0) is 48.5 Å². The number of amides is 1. The lowest BCUT2D eigenvalue weighted by molar-refractivity contribution is 0.102. The van der Waals surface area contributed by atoms with Crippen LogP contribution in [-0.4, -0.2) is 21.0 Å². The molecule has 7 heteroatoms. The molecule has 0 aliphatic heterocycles. The Balaban J connectivity index is 1.47. The second kappa shape index (κ2) is 6.70. The lowest BCUT2D eigenvalue weighted by Gasteiger charge is -2.08. The minimum atomic E-state index is -0.212. The molecule has 0 unspecified atom stereocenters. The molecule has 2 heterocycles. The van der Waals surface area contributed by atoms with E-state index in [9.17, 15) is 9.90 Å². The smallest absolute Gasteiger partial charge is 0.255 e. The highest BCUT2D eigenvalue weighted by Gasteiger charge is 2.13. The number of phenolic OH excluding ortho intramolecular Hbond substituents is 1. The zero-order valence-corrected chi connectivity index (χ0v) is 16.1. The average Bonchev–Trinajstić information content (AvgIpc) is 3.35. The van der Waals surface area contributed by atoms with Crippen LogP contribution >= 0.6 is 22.7 Å². The summed E-state index contributed by atoms with van der Waals surface area (Å²) in [6, 6.07) is 18.2. The molecule has 0 spiro atoms. The van der Waals surface area contributed by atoms with Crippen molar-refractivity contribution in [2.24, 2.45) is 0 Å². The fourth-order valence-electron chi connectivity index (χ4n) is 2.97. The lowest BCUT2D eigenvalue weighted by atomic mass is 10.1. The van der Waals surface area contributed by atoms with Gasteiger partial charge in [0.15, 0.2) is 0 Å². The van der Waals surface area contributed by atoms with Crippen molar-refractivity contribution in [2.45, 2.75) is 0 Å². The summed E-state index contributed by atoms with van der Waals surface area (Å²) in [5.41, 5.74) is 5.28. The Labute approximate surface area is 167 Å². The minimum absolute atomic E-state index is 0.128. The number of nitrogens with zero attached hydrogens (tertiary/aromatic N) is 2. The Morgan fingerprint density at radius 1 is 0.964 bits per heavy atom. The largest absolute Gasteiger partial charge is 0.507 e. The summed E-state index contributed by atoms with van der Waals surface area (Å²) in [7, 11) is 0. The fraction of sp³-hybridized carbons (Fsp3) is 0. The Kier molecular flexibility index (Phi) is 4.03. The molecule has 0 aliphatic rings. The molecule has 136 valence electrons. The number of para-hydroxylation sites is 1. The van der Waals surface area contributed by atoms with Crippen LogP contribution in [0, 0.1) is 0 Å². The number of benzene rings is 3. The number of thiazole rings is 2. The van der Waals surface area contributed by atoms with Gasteiger partial charge in [-0.15, -0.1) is 22.7 Å². The van der Waals surface area contributed by atoms with E-state index in [-0.39, 0.29) is 11.7 Å². The molecule has 5 aromatic rings. The number of hydrogen-bond acceptors (Lipinski definition) is 6. The highest BCUT2D eigenvalue weighted by atomic mass is 32.1. The van der Waals surface area contributed by atoms with Gasteiger partial charge in [-0.25, -0.2) is 9.97 Å². The molecule has 0 radical (unpaired) electrons. The zero-order chi connectivity index (χ0) is 19.1. The maximum absolute atomic E-state index is 12.7. The number of aromatic nitrogens is 2. The minimum Gasteiger partial charge on any atom is -0.507 e. The topological polar surface area (TPSA) is 75.1 Å². The molecule has 5 rings (SSSR count). The van der Waals surface area contributed by atoms with Gasteiger partial charge in [0.1, 0.15) is 10.8 Å². The number of phenols is 1. The van der Waals surface area contributed by atoms with Crippen LogP contribution in [0.4, 0.5) is 5.69 Å². The molecule has 5 nitrogen and oxygen atoms in total. The second-order valence-electron chi connectivity index (χ2n) is 6.21. The number of anilines is 1. The van der Waals surface area contributed by atoms with Gasteiger partial charge in [0.05, 0.1) is 31.5 Å². The SMILES string of the molecule is O=C(Nc1ccc(O)c(-c2nc3ccccc3s2)c1)c1ccc2ncsc2c1. The molecule has 1 amide bonds. The summed E-state index contributed by atoms with van der Waals surface area (Å²) in [5, 5.41) is 13.9. The predicted octanol–water partition coefficient (Wildman–Crippen LogP) is 5.53. The van der Waals surface area contributed by atoms with Gasteiger partial charge in [0.25, 0.3) is 5.91 Å². The first kappa shape index (κ1) is 16.9. The summed E-state index contributed by atoms with van der Waals surface area (Å²) in [6.07, 6.45) is 0. The number of fused-ring (bicyclic) bond motifs is 2. The van der Waals surface area contributed by atoms with Crippen molar-refractivity contribution in [3.63, 3.8) is 0 Å². The monoisotopic (exact) mass is 403 g/mol. The van der Waals surface area contributed by atoms with Crippen molar-refractivity contribution in [1.29, 1.82) is 0 Å². The maximum Gasteiger partial charge on any atom is 0.255 e. The van der Waals surface area contributed by atoms with Crippen LogP contribution in [0.5, 0.6) is 5.75 Å². The van der Waals surface area contributed by atoms with Gasteiger partial charge in [0.2, 0.25) is 0 Å². The maximum atomic E-state index is 12.7. The van der Waals surface area contributed by atoms with Crippen molar-refractivity contribution in [2.75, 3.05) is 5.32 Å². The van der Waals surface area contributed by atoms with Crippen LogP contribution in [-0.2, 0) is 0 Å². The number of aromatic hydroxyl groups is 1. The van der Waals surface area contributed by atoms with Crippen LogP contribution in [0.15, 0.2) is 66.2 Å². The Hall–Kier alpha value is -3.29. The molecule has 2 aromatic heterocycles. The first-order chi connectivity index (χ1) is 13.7. The van der Waals surface area contributed by atoms with Gasteiger partial charge in [-0.1, -0.05) is 12.1 Å². The highest BCUT2D eigenvalue weighted by Crippen LogP contribution is 2.36. The van der Waals surface area contributed by atoms with E-state index in [1.54, 1.807) is 29.8 Å². The lowest BCUT2D eigenvalue weighted by Crippen LogP contribution is -2.11. The van der Waals surface area contributed by atoms with Crippen molar-refractivity contribution < 1.29 is 9.90 Å². The van der Waals surface area contributed by atoms with E-state index < -0.39 is 0 Å². The van der Waals surface area contributed by atoms with Gasteiger partial charge in [0, 0.05) is 11.3 Å². The molecule has 3 aromatic carbocycles. The number of hydrogen-bond donors (Lipinski definition) is 2. The first-order valence-electron chi connectivity index (χ1n) is 8.51. The van der Waals surface area contributed by atoms with Crippen LogP contribution < -0.4 is 5.32 Å². The summed E-state index contributed by atoms with van der Waals surface area (Å²) >= 11 is 3.00. The summed E-state index contributed by atoms with van der Waals surface area (Å²) in [5.74, 6) is -0.0839. The summed E-state index contributed by atoms with van der Waals surface area (Å²) in [6.45, 7) is 0. The third-order valence-corrected chi connectivity index (χ3v) is 6.23. The number of carbonyl (C=O) groups is 1. The molecule has 0 bridgehead atoms. The third kappa shape index (κ3) is 3.00. The van der Waals surface area contributed by atoms with E-state index in [4.69, 9.17) is 0 Å². The molecular weight excluding hydrogens is 390 g/mol. The van der Waals surface area contributed by atoms with Crippen molar-refractivity contribution in [3.8, 4) is 16.3 Å². The summed E-state index contributed by atoms with van der Waals surface area (Å²) in [4.78, 5) is 21.5. The van der Waals surface area contributed by atoms with E-state index in [0.717, 1.165) is 20.4 Å². The normalized spacial score (nSPS) is 11.1. The van der Waals surface area contributed by atoms with Gasteiger partial charge >= 0.3 is 0 Å². The summed E-state index contributed by atoms with van der Waals surface area (Å²) < 4.78 is 2.01. The average molecular weight is 403 g/mol. The predicted molar refractivity (Wildman–Crippen MR) is 114 cm³/mol. The Bertz CT molecular complexity index is 1310. The van der Waals surface area contributed by atoms with Crippen LogP contribution in [0.25, 0.3) is 31.0 Å². The molecule has 28 heavy (non-hydrogen) atoms. The number of carbonyl (C=O) groups excluding carboxylic acids is 1. The molecule has 0 fully saturated rings. The third-order valence-electron chi connectivity index (χ3n) is 4.37. The standard InChI is InChI=1S/C21H13N3O2S2/c25-17-8-6-13(10-14(17)21-24-16-3-1-2-4-18(16)28-21)23-20(26)12-5-7-15-19(9-12)27-11-22-15/h1-11,25H,(H,23,26). The van der Waals surface area contributed by atoms with E-state index in [0.29, 0.717) is 21.8 Å². The van der Waals surface area contributed by atoms with Crippen LogP contribution in [0.2, 0.25) is 0 Å². The fourth-order valence-corrected chi connectivity index (χ4v) is 4.68. The van der Waals surface area contributed by atoms with Crippen molar-refractivity contribution in [3.05, 3.63) is 71.7 Å². The zero-order valence-electron chi connectivity index (χ0n) is 14.4. The Morgan fingerprint density at radius 2 is 1.86 bits per heavy atom. The van der Waals surface area contributed by atoms with E-state index in [2.05, 4.69) is 15.3 Å². The molecule has 0 saturated carbocycles. The van der Waals surface area contributed by atoms with Crippen molar-refractivity contribution >= 4 is 54.7 Å². The molecule has 0 saturated heterocycles. The van der Waals surface area contributed by atoms with Crippen molar-refractivity contribution in [1.82, 2.24) is 9.97 Å². The number of nitrogens with one attached hydrogen (secondary N) is 1. The molecule has 0 aliphatic carbocycles. The van der Waals surface area contributed by atoms with E-state index in [1.807, 2.05) is 36.4 Å². The van der Waals surface area contributed by atoms with Crippen LogP contribution in [0.1, 0.15) is 10.4 Å². The first-order valence-corrected chi connectivity index (χ1v) is 10.2. The van der Waals surface area contributed by atoms with E-state index >= 15 is 0 Å². The highest BCUT2D eigenvalue weighted by molar-refractivity contribution is 7.21. The van der Waals surface area contributed by atoms with Gasteiger partial charge < -0.3 is 10.4 Å². The molecular formula is C21H13N3O2S2. The Morgan fingerprint density at radius 3 is 2.75 bits per heavy atom. The van der Waals surface area contributed by atoms with Gasteiger partial charge in [-0.2, -0.15) is 0 Å².